The molecular formula is C7H8N2. The number of hydrogen-bond acceptors (Lipinski definition) is 2. The second-order valence-electron chi connectivity index (χ2n) is 1.74. The summed E-state index contributed by atoms with van der Waals surface area (Å²) in [6, 6.07) is 3.85. The molecule has 1 rings (SSSR count). The van der Waals surface area contributed by atoms with Crippen LogP contribution < -0.4 is 5.32 Å². The van der Waals surface area contributed by atoms with Gasteiger partial charge < -0.3 is 5.32 Å². The number of pyridine rings is 1. The molecular weight excluding hydrogens is 112 g/mol. The topological polar surface area (TPSA) is 24.9 Å². The van der Waals surface area contributed by atoms with Gasteiger partial charge in [0.25, 0.3) is 0 Å². The fourth-order valence-electron chi connectivity index (χ4n) is 0.621. The molecule has 1 heterocycles. The molecule has 0 spiro atoms. The third kappa shape index (κ3) is 1.82. The van der Waals surface area contributed by atoms with Gasteiger partial charge in [0.15, 0.2) is 0 Å². The van der Waals surface area contributed by atoms with Crippen LogP contribution in [0.15, 0.2) is 24.5 Å². The van der Waals surface area contributed by atoms with E-state index in [0.29, 0.717) is 6.54 Å². The van der Waals surface area contributed by atoms with Gasteiger partial charge in [-0.3, -0.25) is 4.98 Å². The monoisotopic (exact) mass is 120 g/mol. The molecule has 2 nitrogen and oxygen atoms in total. The molecule has 0 saturated carbocycles. The van der Waals surface area contributed by atoms with Crippen LogP contribution in [-0.4, -0.2) is 4.98 Å². The first-order chi connectivity index (χ1) is 4.43. The molecule has 46 valence electrons. The number of hydrogen-bond donors (Lipinski definition) is 1. The van der Waals surface area contributed by atoms with Gasteiger partial charge in [0, 0.05) is 26.0 Å². The van der Waals surface area contributed by atoms with Gasteiger partial charge in [0.1, 0.15) is 0 Å². The van der Waals surface area contributed by atoms with Crippen LogP contribution in [-0.2, 0) is 6.54 Å². The SMILES string of the molecule is [CH]NCc1cccnc1. The second-order valence-corrected chi connectivity index (χ2v) is 1.74. The van der Waals surface area contributed by atoms with Gasteiger partial charge in [-0.25, -0.2) is 0 Å². The van der Waals surface area contributed by atoms with E-state index in [1.165, 1.54) is 0 Å². The van der Waals surface area contributed by atoms with Crippen molar-refractivity contribution >= 4 is 0 Å². The fourth-order valence-corrected chi connectivity index (χ4v) is 0.621. The van der Waals surface area contributed by atoms with Crippen LogP contribution in [0.1, 0.15) is 5.56 Å². The molecule has 1 N–H and O–H groups in total. The van der Waals surface area contributed by atoms with Crippen LogP contribution in [0.5, 0.6) is 0 Å². The van der Waals surface area contributed by atoms with Crippen molar-refractivity contribution in [2.45, 2.75) is 6.54 Å². The second kappa shape index (κ2) is 3.20. The minimum atomic E-state index is 0.674. The lowest BCUT2D eigenvalue weighted by Gasteiger charge is -1.94. The average molecular weight is 120 g/mol. The summed E-state index contributed by atoms with van der Waals surface area (Å²) in [6.45, 7) is 0.674. The molecule has 0 unspecified atom stereocenters. The number of aromatic nitrogens is 1. The van der Waals surface area contributed by atoms with Crippen molar-refractivity contribution in [2.24, 2.45) is 0 Å². The molecule has 0 aromatic carbocycles. The molecule has 0 aliphatic rings. The molecule has 0 bridgehead atoms. The summed E-state index contributed by atoms with van der Waals surface area (Å²) in [4.78, 5) is 3.91. The smallest absolute Gasteiger partial charge is 0.0410 e. The molecule has 1 aromatic heterocycles. The van der Waals surface area contributed by atoms with Crippen LogP contribution >= 0.6 is 0 Å². The zero-order valence-electron chi connectivity index (χ0n) is 5.04. The molecule has 2 radical (unpaired) electrons. The van der Waals surface area contributed by atoms with Gasteiger partial charge in [-0.2, -0.15) is 0 Å². The normalized spacial score (nSPS) is 9.44. The summed E-state index contributed by atoms with van der Waals surface area (Å²) in [5.41, 5.74) is 1.10. The van der Waals surface area contributed by atoms with Gasteiger partial charge in [0.2, 0.25) is 0 Å². The van der Waals surface area contributed by atoms with Gasteiger partial charge in [-0.05, 0) is 11.6 Å². The average Bonchev–Trinajstić information content (AvgIpc) is 1.91. The van der Waals surface area contributed by atoms with Crippen molar-refractivity contribution in [2.75, 3.05) is 0 Å². The Morgan fingerprint density at radius 2 is 2.56 bits per heavy atom. The Labute approximate surface area is 54.9 Å². The Hall–Kier alpha value is -0.890. The van der Waals surface area contributed by atoms with Gasteiger partial charge in [0.05, 0.1) is 0 Å². The van der Waals surface area contributed by atoms with E-state index in [4.69, 9.17) is 7.05 Å². The van der Waals surface area contributed by atoms with Gasteiger partial charge in [-0.1, -0.05) is 6.07 Å². The van der Waals surface area contributed by atoms with Crippen LogP contribution in [0.4, 0.5) is 0 Å². The summed E-state index contributed by atoms with van der Waals surface area (Å²) in [7, 11) is 5.08. The van der Waals surface area contributed by atoms with E-state index < -0.39 is 0 Å². The van der Waals surface area contributed by atoms with E-state index in [-0.39, 0.29) is 0 Å². The van der Waals surface area contributed by atoms with Crippen molar-refractivity contribution < 1.29 is 0 Å². The van der Waals surface area contributed by atoms with Crippen LogP contribution in [0.25, 0.3) is 0 Å². The lowest BCUT2D eigenvalue weighted by molar-refractivity contribution is 0.860. The minimum absolute atomic E-state index is 0.674. The van der Waals surface area contributed by atoms with E-state index in [9.17, 15) is 0 Å². The Balaban J connectivity index is 2.61. The first-order valence-electron chi connectivity index (χ1n) is 2.76. The first-order valence-corrected chi connectivity index (χ1v) is 2.76. The highest BCUT2D eigenvalue weighted by molar-refractivity contribution is 5.07. The Morgan fingerprint density at radius 1 is 1.67 bits per heavy atom. The summed E-state index contributed by atoms with van der Waals surface area (Å²) in [6.07, 6.45) is 3.51. The molecule has 0 amide bonds. The molecule has 0 fully saturated rings. The Kier molecular flexibility index (Phi) is 2.22. The Bertz CT molecular complexity index is 160. The van der Waals surface area contributed by atoms with E-state index in [1.54, 1.807) is 12.4 Å². The molecule has 9 heavy (non-hydrogen) atoms. The van der Waals surface area contributed by atoms with Crippen LogP contribution in [0.2, 0.25) is 0 Å². The molecule has 0 atom stereocenters. The van der Waals surface area contributed by atoms with Crippen molar-refractivity contribution in [3.63, 3.8) is 0 Å². The van der Waals surface area contributed by atoms with E-state index in [1.807, 2.05) is 12.1 Å². The summed E-state index contributed by atoms with van der Waals surface area (Å²) < 4.78 is 0. The molecule has 1 aromatic rings. The third-order valence-electron chi connectivity index (χ3n) is 1.03. The van der Waals surface area contributed by atoms with Crippen LogP contribution in [0.3, 0.4) is 0 Å². The third-order valence-corrected chi connectivity index (χ3v) is 1.03. The minimum Gasteiger partial charge on any atom is -0.307 e. The maximum atomic E-state index is 5.08. The zero-order valence-corrected chi connectivity index (χ0v) is 5.04. The predicted octanol–water partition coefficient (Wildman–Crippen LogP) is 0.840. The molecule has 0 saturated heterocycles. The lowest BCUT2D eigenvalue weighted by Crippen LogP contribution is -2.01. The Morgan fingerprint density at radius 3 is 3.11 bits per heavy atom. The van der Waals surface area contributed by atoms with Gasteiger partial charge in [-0.15, -0.1) is 0 Å². The maximum Gasteiger partial charge on any atom is 0.0410 e. The van der Waals surface area contributed by atoms with Crippen LogP contribution in [0, 0.1) is 7.05 Å². The zero-order chi connectivity index (χ0) is 6.53. The first kappa shape index (κ1) is 6.23. The van der Waals surface area contributed by atoms with Gasteiger partial charge >= 0.3 is 0 Å². The fraction of sp³-hybridized carbons (Fsp3) is 0.143. The van der Waals surface area contributed by atoms with Crippen molar-refractivity contribution in [3.05, 3.63) is 37.1 Å². The van der Waals surface area contributed by atoms with Crippen molar-refractivity contribution in [1.29, 1.82) is 0 Å². The highest BCUT2D eigenvalue weighted by atomic mass is 14.8. The maximum absolute atomic E-state index is 5.08. The van der Waals surface area contributed by atoms with Crippen molar-refractivity contribution in [1.82, 2.24) is 10.3 Å². The quantitative estimate of drug-likeness (QED) is 0.585. The summed E-state index contributed by atoms with van der Waals surface area (Å²) >= 11 is 0. The summed E-state index contributed by atoms with van der Waals surface area (Å²) in [5.74, 6) is 0. The predicted molar refractivity (Wildman–Crippen MR) is 35.4 cm³/mol. The highest BCUT2D eigenvalue weighted by Crippen LogP contribution is 1.92. The van der Waals surface area contributed by atoms with E-state index in [2.05, 4.69) is 10.3 Å². The molecule has 0 aliphatic heterocycles. The van der Waals surface area contributed by atoms with Crippen molar-refractivity contribution in [3.8, 4) is 0 Å². The van der Waals surface area contributed by atoms with E-state index >= 15 is 0 Å². The molecule has 2 heteroatoms. The largest absolute Gasteiger partial charge is 0.307 e. The number of rotatable bonds is 2. The molecule has 0 aliphatic carbocycles. The summed E-state index contributed by atoms with van der Waals surface area (Å²) in [5, 5.41) is 2.54. The highest BCUT2D eigenvalue weighted by Gasteiger charge is 1.84. The lowest BCUT2D eigenvalue weighted by atomic mass is 10.3. The standard InChI is InChI=1S/C7H8N2/c1-8-5-7-3-2-4-9-6-7/h1-4,6,8H,5H2. The number of nitrogens with zero attached hydrogens (tertiary/aromatic N) is 1. The number of nitrogens with one attached hydrogen (secondary N) is 1. The van der Waals surface area contributed by atoms with E-state index in [0.717, 1.165) is 5.56 Å².